The van der Waals surface area contributed by atoms with Crippen LogP contribution in [0.3, 0.4) is 0 Å². The molecule has 0 saturated heterocycles. The molecule has 12 nitrogen and oxygen atoms in total. The lowest BCUT2D eigenvalue weighted by Gasteiger charge is -2.14. The normalized spacial score (nSPS) is 12.6. The van der Waals surface area contributed by atoms with Crippen molar-refractivity contribution in [3.05, 3.63) is 155 Å². The van der Waals surface area contributed by atoms with E-state index in [1.165, 1.54) is 71.7 Å². The second kappa shape index (κ2) is 20.8. The zero-order valence-corrected chi connectivity index (χ0v) is 38.4. The van der Waals surface area contributed by atoms with Gasteiger partial charge in [-0.3, -0.25) is 13.6 Å². The highest BCUT2D eigenvalue weighted by Crippen LogP contribution is 2.36. The molecule has 4 aromatic carbocycles. The molecule has 1 saturated carbocycles. The molecular weight excluding hydrogens is 981 g/mol. The Labute approximate surface area is 408 Å². The molecule has 4 aromatic heterocycles. The van der Waals surface area contributed by atoms with E-state index in [0.717, 1.165) is 30.5 Å². The predicted molar refractivity (Wildman–Crippen MR) is 249 cm³/mol. The van der Waals surface area contributed by atoms with E-state index < -0.39 is 73.3 Å². The highest BCUT2D eigenvalue weighted by atomic mass is 19.4. The average molecular weight is 1020 g/mol. The summed E-state index contributed by atoms with van der Waals surface area (Å²) in [5.41, 5.74) is 5.12. The first-order valence-corrected chi connectivity index (χ1v) is 22.3. The molecule has 73 heavy (non-hydrogen) atoms. The highest BCUT2D eigenvalue weighted by molar-refractivity contribution is 5.96. The summed E-state index contributed by atoms with van der Waals surface area (Å²) in [5.74, 6) is -6.60. The van der Waals surface area contributed by atoms with Crippen LogP contribution < -0.4 is 25.4 Å². The van der Waals surface area contributed by atoms with E-state index in [4.69, 9.17) is 9.47 Å². The van der Waals surface area contributed by atoms with Crippen molar-refractivity contribution in [2.24, 2.45) is 0 Å². The van der Waals surface area contributed by atoms with E-state index in [9.17, 15) is 58.6 Å². The number of carbonyl (C=O) groups is 2. The van der Waals surface area contributed by atoms with Gasteiger partial charge in [0.1, 0.15) is 11.5 Å². The molecule has 9 rings (SSSR count). The van der Waals surface area contributed by atoms with Crippen molar-refractivity contribution >= 4 is 34.5 Å². The van der Waals surface area contributed by atoms with Gasteiger partial charge in [-0.1, -0.05) is 24.3 Å². The number of halogens is 10. The number of carbonyl (C=O) groups excluding carboxylic acids is 1. The van der Waals surface area contributed by atoms with Gasteiger partial charge in [0.15, 0.2) is 34.4 Å². The van der Waals surface area contributed by atoms with Gasteiger partial charge in [0, 0.05) is 48.0 Å². The van der Waals surface area contributed by atoms with E-state index in [-0.39, 0.29) is 51.8 Å². The summed E-state index contributed by atoms with van der Waals surface area (Å²) in [5, 5.41) is 17.6. The van der Waals surface area contributed by atoms with Gasteiger partial charge in [-0.25, -0.2) is 23.5 Å². The van der Waals surface area contributed by atoms with Crippen molar-refractivity contribution in [2.45, 2.75) is 57.9 Å². The van der Waals surface area contributed by atoms with Gasteiger partial charge < -0.3 is 30.5 Å². The topological polar surface area (TPSA) is 144 Å². The van der Waals surface area contributed by atoms with E-state index >= 15 is 0 Å². The number of alkyl halides is 6. The Hall–Kier alpha value is -8.30. The molecule has 4 N–H and O–H groups in total. The summed E-state index contributed by atoms with van der Waals surface area (Å²) < 4.78 is 146. The number of aryl methyl sites for hydroxylation is 2. The second-order valence-corrected chi connectivity index (χ2v) is 16.9. The van der Waals surface area contributed by atoms with Crippen LogP contribution >= 0.6 is 0 Å². The summed E-state index contributed by atoms with van der Waals surface area (Å²) in [6.45, 7) is 2.55. The summed E-state index contributed by atoms with van der Waals surface area (Å²) in [7, 11) is 0. The molecule has 0 spiro atoms. The largest absolute Gasteiger partial charge is 0.478 e. The fourth-order valence-electron chi connectivity index (χ4n) is 7.61. The van der Waals surface area contributed by atoms with Crippen LogP contribution in [-0.4, -0.2) is 67.2 Å². The Morgan fingerprint density at radius 2 is 1.08 bits per heavy atom. The average Bonchev–Trinajstić information content (AvgIpc) is 3.86. The SMILES string of the molecule is Cc1cc(-c2cnc3c(NCCC(F)(F)F)cc(Oc4cccc(F)c4F)cn23)ccc1C(=O)NC1CC1.Cc1cc(-c2cnc3c(NCCC(F)(F)F)cc(Oc4cccc(F)c4F)cn23)ccc1C(=O)O. The van der Waals surface area contributed by atoms with Crippen LogP contribution in [0.5, 0.6) is 23.0 Å². The molecule has 4 heterocycles. The van der Waals surface area contributed by atoms with E-state index in [0.29, 0.717) is 39.3 Å². The number of amides is 1. The van der Waals surface area contributed by atoms with Gasteiger partial charge in [0.05, 0.1) is 66.0 Å². The summed E-state index contributed by atoms with van der Waals surface area (Å²) >= 11 is 0. The molecule has 380 valence electrons. The van der Waals surface area contributed by atoms with E-state index in [1.807, 2.05) is 6.07 Å². The van der Waals surface area contributed by atoms with Crippen molar-refractivity contribution in [3.8, 4) is 45.5 Å². The smallest absolute Gasteiger partial charge is 0.390 e. The van der Waals surface area contributed by atoms with Crippen LogP contribution in [-0.2, 0) is 0 Å². The monoisotopic (exact) mass is 1020 g/mol. The third-order valence-electron chi connectivity index (χ3n) is 11.3. The molecule has 0 aliphatic heterocycles. The molecule has 0 bridgehead atoms. The fraction of sp³-hybridized carbons (Fsp3) is 0.216. The first-order valence-electron chi connectivity index (χ1n) is 22.3. The molecule has 1 aliphatic rings. The lowest BCUT2D eigenvalue weighted by atomic mass is 10.0. The molecule has 1 aliphatic carbocycles. The number of benzene rings is 4. The minimum atomic E-state index is -4.38. The van der Waals surface area contributed by atoms with Gasteiger partial charge in [-0.15, -0.1) is 0 Å². The Bertz CT molecular complexity index is 3370. The van der Waals surface area contributed by atoms with Crippen LogP contribution in [0, 0.1) is 37.1 Å². The number of fused-ring (bicyclic) bond motifs is 2. The van der Waals surface area contributed by atoms with Gasteiger partial charge in [0.2, 0.25) is 11.6 Å². The number of carboxylic acids is 1. The van der Waals surface area contributed by atoms with Crippen LogP contribution in [0.15, 0.2) is 110 Å². The van der Waals surface area contributed by atoms with Crippen molar-refractivity contribution in [2.75, 3.05) is 23.7 Å². The maximum absolute atomic E-state index is 14.3. The number of aromatic carboxylic acids is 1. The molecule has 8 aromatic rings. The number of aromatic nitrogens is 4. The van der Waals surface area contributed by atoms with Crippen LogP contribution in [0.25, 0.3) is 33.8 Å². The van der Waals surface area contributed by atoms with Gasteiger partial charge in [0.25, 0.3) is 5.91 Å². The Balaban J connectivity index is 0.000000196. The number of pyridine rings is 2. The van der Waals surface area contributed by atoms with E-state index in [1.54, 1.807) is 42.5 Å². The maximum atomic E-state index is 14.3. The molecule has 0 unspecified atom stereocenters. The molecule has 0 atom stereocenters. The minimum Gasteiger partial charge on any atom is -0.478 e. The predicted octanol–water partition coefficient (Wildman–Crippen LogP) is 13.1. The quantitative estimate of drug-likeness (QED) is 0.0738. The van der Waals surface area contributed by atoms with Crippen molar-refractivity contribution in [1.82, 2.24) is 24.1 Å². The number of nitrogens with zero attached hydrogens (tertiary/aromatic N) is 4. The number of anilines is 2. The molecule has 22 heteroatoms. The highest BCUT2D eigenvalue weighted by Gasteiger charge is 2.28. The first-order chi connectivity index (χ1) is 34.6. The number of ether oxygens (including phenoxy) is 2. The minimum absolute atomic E-state index is 0.00892. The third kappa shape index (κ3) is 12.2. The van der Waals surface area contributed by atoms with Crippen molar-refractivity contribution in [3.63, 3.8) is 0 Å². The zero-order chi connectivity index (χ0) is 52.4. The fourth-order valence-corrected chi connectivity index (χ4v) is 7.61. The zero-order valence-electron chi connectivity index (χ0n) is 38.4. The lowest BCUT2D eigenvalue weighted by Crippen LogP contribution is -2.26. The number of carboxylic acid groups (broad SMARTS) is 1. The molecule has 1 amide bonds. The first kappa shape index (κ1) is 51.1. The second-order valence-electron chi connectivity index (χ2n) is 16.9. The summed E-state index contributed by atoms with van der Waals surface area (Å²) in [6.07, 6.45) is -3.09. The van der Waals surface area contributed by atoms with Crippen LogP contribution in [0.2, 0.25) is 0 Å². The van der Waals surface area contributed by atoms with Crippen LogP contribution in [0.1, 0.15) is 57.5 Å². The maximum Gasteiger partial charge on any atom is 0.390 e. The number of hydrogen-bond donors (Lipinski definition) is 4. The molecular formula is C51H41F10N7O5. The van der Waals surface area contributed by atoms with Gasteiger partial charge in [-0.2, -0.15) is 35.1 Å². The summed E-state index contributed by atoms with van der Waals surface area (Å²) in [6, 6.07) is 19.7. The van der Waals surface area contributed by atoms with Crippen LogP contribution in [0.4, 0.5) is 55.3 Å². The number of hydrogen-bond acceptors (Lipinski definition) is 8. The summed E-state index contributed by atoms with van der Waals surface area (Å²) in [4.78, 5) is 32.5. The molecule has 1 fully saturated rings. The van der Waals surface area contributed by atoms with Gasteiger partial charge in [-0.05, 0) is 86.3 Å². The standard InChI is InChI=1S/C27H23F5N4O2.C24H18F5N3O3/c1-15-11-16(5-8-19(15)26(37)35-17-6-7-17)22-13-34-25-21(33-10-9-27(30,31)32)12-18(14-36(22)25)38-23-4-2-3-20(28)24(23)29;1-13-9-14(5-6-16(13)23(33)34)19-11-31-22-18(30-8-7-24(27,28)29)10-15(12-32(19)22)35-20-4-2-3-17(25)21(20)26/h2-5,8,11-14,17,33H,6-7,9-10H2,1H3,(H,35,37);2-6,9-12,30H,7-8H2,1H3,(H,33,34). The van der Waals surface area contributed by atoms with E-state index in [2.05, 4.69) is 25.9 Å². The third-order valence-corrected chi connectivity index (χ3v) is 11.3. The Morgan fingerprint density at radius 3 is 1.48 bits per heavy atom. The Morgan fingerprint density at radius 1 is 0.644 bits per heavy atom. The molecule has 0 radical (unpaired) electrons. The number of rotatable bonds is 15. The number of nitrogens with one attached hydrogen (secondary N) is 3. The number of imidazole rings is 2. The Kier molecular flexibility index (Phi) is 14.6. The van der Waals surface area contributed by atoms with Crippen molar-refractivity contribution in [1.29, 1.82) is 0 Å². The lowest BCUT2D eigenvalue weighted by molar-refractivity contribution is -0.132. The van der Waals surface area contributed by atoms with Crippen molar-refractivity contribution < 1.29 is 68.1 Å². The van der Waals surface area contributed by atoms with Gasteiger partial charge >= 0.3 is 18.3 Å².